The van der Waals surface area contributed by atoms with Crippen molar-refractivity contribution in [3.05, 3.63) is 95.3 Å². The van der Waals surface area contributed by atoms with Gasteiger partial charge in [-0.1, -0.05) is 48.9 Å². The molecule has 0 aromatic heterocycles. The summed E-state index contributed by atoms with van der Waals surface area (Å²) in [6, 6.07) is 18.0. The lowest BCUT2D eigenvalue weighted by molar-refractivity contribution is -0.141. The second-order valence-electron chi connectivity index (χ2n) is 10.9. The van der Waals surface area contributed by atoms with E-state index in [4.69, 9.17) is 0 Å². The van der Waals surface area contributed by atoms with E-state index in [1.165, 1.54) is 17.0 Å². The minimum Gasteiger partial charge on any atom is -0.350 e. The zero-order chi connectivity index (χ0) is 29.7. The Morgan fingerprint density at radius 2 is 1.52 bits per heavy atom. The van der Waals surface area contributed by atoms with Gasteiger partial charge in [0.05, 0.1) is 10.6 Å². The first kappa shape index (κ1) is 30.8. The second-order valence-corrected chi connectivity index (χ2v) is 12.8. The monoisotopic (exact) mass is 567 g/mol. The third kappa shape index (κ3) is 7.69. The first-order valence-electron chi connectivity index (χ1n) is 13.2. The van der Waals surface area contributed by atoms with E-state index >= 15 is 0 Å². The molecule has 3 aromatic carbocycles. The normalized spacial score (nSPS) is 12.5. The topological polar surface area (TPSA) is 86.8 Å². The Morgan fingerprint density at radius 1 is 0.925 bits per heavy atom. The number of anilines is 1. The van der Waals surface area contributed by atoms with Crippen LogP contribution in [0.15, 0.2) is 77.7 Å². The molecule has 0 saturated heterocycles. The molecule has 40 heavy (non-hydrogen) atoms. The summed E-state index contributed by atoms with van der Waals surface area (Å²) < 4.78 is 42.3. The maximum atomic E-state index is 14.1. The van der Waals surface area contributed by atoms with Crippen molar-refractivity contribution in [2.75, 3.05) is 10.8 Å². The predicted octanol–water partition coefficient (Wildman–Crippen LogP) is 5.36. The molecule has 7 nitrogen and oxygen atoms in total. The summed E-state index contributed by atoms with van der Waals surface area (Å²) in [6.45, 7) is 10.8. The first-order chi connectivity index (χ1) is 18.7. The average Bonchev–Trinajstić information content (AvgIpc) is 2.88. The van der Waals surface area contributed by atoms with Crippen LogP contribution in [0.4, 0.5) is 10.1 Å². The minimum absolute atomic E-state index is 0.125. The fourth-order valence-corrected chi connectivity index (χ4v) is 5.73. The Morgan fingerprint density at radius 3 is 2.08 bits per heavy atom. The van der Waals surface area contributed by atoms with E-state index in [-0.39, 0.29) is 23.0 Å². The summed E-state index contributed by atoms with van der Waals surface area (Å²) in [6.07, 6.45) is 0.328. The van der Waals surface area contributed by atoms with Crippen molar-refractivity contribution >= 4 is 27.5 Å². The summed E-state index contributed by atoms with van der Waals surface area (Å²) in [4.78, 5) is 28.8. The molecule has 3 rings (SSSR count). The van der Waals surface area contributed by atoms with Crippen LogP contribution in [0, 0.1) is 19.7 Å². The molecule has 1 atom stereocenters. The molecule has 0 saturated carbocycles. The molecule has 2 amide bonds. The number of sulfonamides is 1. The van der Waals surface area contributed by atoms with E-state index in [1.54, 1.807) is 24.3 Å². The highest BCUT2D eigenvalue weighted by Gasteiger charge is 2.34. The van der Waals surface area contributed by atoms with Crippen molar-refractivity contribution in [3.8, 4) is 0 Å². The molecular formula is C31H38FN3O4S. The highest BCUT2D eigenvalue weighted by Crippen LogP contribution is 2.26. The van der Waals surface area contributed by atoms with E-state index in [1.807, 2.05) is 65.8 Å². The van der Waals surface area contributed by atoms with Gasteiger partial charge in [-0.25, -0.2) is 12.8 Å². The van der Waals surface area contributed by atoms with E-state index in [2.05, 4.69) is 5.32 Å². The van der Waals surface area contributed by atoms with Gasteiger partial charge >= 0.3 is 0 Å². The number of rotatable bonds is 10. The zero-order valence-corrected chi connectivity index (χ0v) is 24.8. The van der Waals surface area contributed by atoms with Crippen LogP contribution in [0.3, 0.4) is 0 Å². The van der Waals surface area contributed by atoms with Crippen LogP contribution >= 0.6 is 0 Å². The lowest BCUT2D eigenvalue weighted by Crippen LogP contribution is -2.55. The van der Waals surface area contributed by atoms with Crippen molar-refractivity contribution in [1.29, 1.82) is 0 Å². The summed E-state index contributed by atoms with van der Waals surface area (Å²) in [7, 11) is -4.26. The van der Waals surface area contributed by atoms with Crippen LogP contribution in [0.25, 0.3) is 0 Å². The fourth-order valence-electron chi connectivity index (χ4n) is 4.32. The van der Waals surface area contributed by atoms with Crippen molar-refractivity contribution in [2.45, 2.75) is 71.0 Å². The molecular weight excluding hydrogens is 529 g/mol. The number of benzene rings is 3. The van der Waals surface area contributed by atoms with Gasteiger partial charge in [-0.3, -0.25) is 13.9 Å². The number of hydrogen-bond donors (Lipinski definition) is 1. The maximum absolute atomic E-state index is 14.1. The molecule has 0 bridgehead atoms. The van der Waals surface area contributed by atoms with Crippen LogP contribution in [0.1, 0.15) is 50.8 Å². The van der Waals surface area contributed by atoms with Crippen molar-refractivity contribution in [1.82, 2.24) is 10.2 Å². The van der Waals surface area contributed by atoms with Gasteiger partial charge < -0.3 is 10.2 Å². The predicted molar refractivity (Wildman–Crippen MR) is 156 cm³/mol. The van der Waals surface area contributed by atoms with Gasteiger partial charge in [0.1, 0.15) is 18.4 Å². The van der Waals surface area contributed by atoms with Gasteiger partial charge in [-0.05, 0) is 88.6 Å². The first-order valence-corrected chi connectivity index (χ1v) is 14.7. The third-order valence-corrected chi connectivity index (χ3v) is 8.28. The minimum atomic E-state index is -4.26. The van der Waals surface area contributed by atoms with Gasteiger partial charge in [-0.2, -0.15) is 0 Å². The van der Waals surface area contributed by atoms with Crippen LogP contribution in [0.2, 0.25) is 0 Å². The smallest absolute Gasteiger partial charge is 0.264 e. The Labute approximate surface area is 237 Å². The average molecular weight is 568 g/mol. The molecule has 1 N–H and O–H groups in total. The Kier molecular flexibility index (Phi) is 9.73. The fraction of sp³-hybridized carbons (Fsp3) is 0.355. The van der Waals surface area contributed by atoms with Crippen LogP contribution < -0.4 is 9.62 Å². The summed E-state index contributed by atoms with van der Waals surface area (Å²) in [5, 5.41) is 2.96. The molecule has 0 aliphatic carbocycles. The Bertz CT molecular complexity index is 1430. The third-order valence-electron chi connectivity index (χ3n) is 6.49. The SMILES string of the molecule is CCC(C(=O)NC(C)(C)C)N(Cc1ccccc1C)C(=O)CN(c1ccc(C)cc1)S(=O)(=O)c1ccc(F)cc1. The van der Waals surface area contributed by atoms with Crippen LogP contribution in [-0.2, 0) is 26.2 Å². The van der Waals surface area contributed by atoms with E-state index in [0.717, 1.165) is 33.1 Å². The standard InChI is InChI=1S/C31H38FN3O4S/c1-7-28(30(37)33-31(4,5)6)34(20-24-11-9-8-10-23(24)3)29(36)21-35(26-16-12-22(2)13-17-26)40(38,39)27-18-14-25(32)15-19-27/h8-19,28H,7,20-21H2,1-6H3,(H,33,37). The molecule has 0 aliphatic heterocycles. The second kappa shape index (κ2) is 12.6. The van der Waals surface area contributed by atoms with Crippen LogP contribution in [0.5, 0.6) is 0 Å². The number of hydrogen-bond acceptors (Lipinski definition) is 4. The molecule has 0 heterocycles. The summed E-state index contributed by atoms with van der Waals surface area (Å²) in [5.74, 6) is -1.43. The maximum Gasteiger partial charge on any atom is 0.264 e. The molecule has 0 aliphatic rings. The summed E-state index contributed by atoms with van der Waals surface area (Å²) >= 11 is 0. The van der Waals surface area contributed by atoms with Gasteiger partial charge in [0.15, 0.2) is 0 Å². The lowest BCUT2D eigenvalue weighted by atomic mass is 10.0. The van der Waals surface area contributed by atoms with Crippen molar-refractivity contribution < 1.29 is 22.4 Å². The van der Waals surface area contributed by atoms with Crippen LogP contribution in [-0.4, -0.2) is 43.3 Å². The van der Waals surface area contributed by atoms with Gasteiger partial charge in [0.25, 0.3) is 10.0 Å². The Hall–Kier alpha value is -3.72. The summed E-state index contributed by atoms with van der Waals surface area (Å²) in [5.41, 5.74) is 2.47. The largest absolute Gasteiger partial charge is 0.350 e. The van der Waals surface area contributed by atoms with E-state index in [9.17, 15) is 22.4 Å². The number of nitrogens with zero attached hydrogens (tertiary/aromatic N) is 2. The zero-order valence-electron chi connectivity index (χ0n) is 23.9. The van der Waals surface area contributed by atoms with Gasteiger partial charge in [0.2, 0.25) is 11.8 Å². The molecule has 3 aromatic rings. The number of aryl methyl sites for hydroxylation is 2. The van der Waals surface area contributed by atoms with Crippen molar-refractivity contribution in [3.63, 3.8) is 0 Å². The number of carbonyl (C=O) groups is 2. The van der Waals surface area contributed by atoms with E-state index in [0.29, 0.717) is 6.42 Å². The van der Waals surface area contributed by atoms with E-state index < -0.39 is 39.9 Å². The lowest BCUT2D eigenvalue weighted by Gasteiger charge is -2.35. The number of amides is 2. The number of carbonyl (C=O) groups excluding carboxylic acids is 2. The highest BCUT2D eigenvalue weighted by molar-refractivity contribution is 7.92. The van der Waals surface area contributed by atoms with Gasteiger partial charge in [0, 0.05) is 12.1 Å². The molecule has 0 radical (unpaired) electrons. The molecule has 0 spiro atoms. The van der Waals surface area contributed by atoms with Gasteiger partial charge in [-0.15, -0.1) is 0 Å². The quantitative estimate of drug-likeness (QED) is 0.357. The Balaban J connectivity index is 2.08. The highest BCUT2D eigenvalue weighted by atomic mass is 32.2. The number of nitrogens with one attached hydrogen (secondary N) is 1. The number of halogens is 1. The molecule has 1 unspecified atom stereocenters. The molecule has 0 fully saturated rings. The molecule has 9 heteroatoms. The van der Waals surface area contributed by atoms with Crippen molar-refractivity contribution in [2.24, 2.45) is 0 Å². The molecule has 214 valence electrons.